The molecule has 6 heteroatoms. The molecule has 0 atom stereocenters. The molecule has 0 radical (unpaired) electrons. The summed E-state index contributed by atoms with van der Waals surface area (Å²) in [6.45, 7) is 0.429. The monoisotopic (exact) mass is 388 g/mol. The van der Waals surface area contributed by atoms with Gasteiger partial charge in [-0.15, -0.1) is 0 Å². The molecule has 1 aliphatic rings. The number of ether oxygens (including phenoxy) is 2. The molecule has 2 amide bonds. The second-order valence-corrected chi connectivity index (χ2v) is 6.62. The Morgan fingerprint density at radius 3 is 2.69 bits per heavy atom. The predicted octanol–water partition coefficient (Wildman–Crippen LogP) is 3.87. The first-order valence-electron chi connectivity index (χ1n) is 9.20. The maximum absolute atomic E-state index is 12.6. The van der Waals surface area contributed by atoms with E-state index in [4.69, 9.17) is 9.47 Å². The molecule has 0 bridgehead atoms. The lowest BCUT2D eigenvalue weighted by atomic mass is 10.1. The number of benzene rings is 3. The normalized spacial score (nSPS) is 12.7. The molecule has 4 rings (SSSR count). The Morgan fingerprint density at radius 2 is 1.90 bits per heavy atom. The van der Waals surface area contributed by atoms with Crippen LogP contribution in [0.15, 0.2) is 72.8 Å². The van der Waals surface area contributed by atoms with Gasteiger partial charge in [-0.2, -0.15) is 0 Å². The van der Waals surface area contributed by atoms with Crippen molar-refractivity contribution in [3.63, 3.8) is 0 Å². The molecule has 1 aliphatic heterocycles. The van der Waals surface area contributed by atoms with Crippen molar-refractivity contribution in [2.24, 2.45) is 0 Å². The number of hydrogen-bond donors (Lipinski definition) is 1. The van der Waals surface area contributed by atoms with Crippen molar-refractivity contribution < 1.29 is 19.1 Å². The quantitative estimate of drug-likeness (QED) is 0.720. The number of nitrogens with zero attached hydrogens (tertiary/aromatic N) is 1. The summed E-state index contributed by atoms with van der Waals surface area (Å²) >= 11 is 0. The van der Waals surface area contributed by atoms with E-state index in [9.17, 15) is 9.59 Å². The third kappa shape index (κ3) is 4.06. The molecule has 1 heterocycles. The van der Waals surface area contributed by atoms with Gasteiger partial charge in [-0.3, -0.25) is 9.59 Å². The van der Waals surface area contributed by atoms with Gasteiger partial charge in [-0.05, 0) is 42.0 Å². The molecule has 6 nitrogen and oxygen atoms in total. The van der Waals surface area contributed by atoms with Gasteiger partial charge in [0.1, 0.15) is 11.5 Å². The Labute approximate surface area is 168 Å². The fraction of sp³-hybridized carbons (Fsp3) is 0.130. The fourth-order valence-corrected chi connectivity index (χ4v) is 3.19. The average molecular weight is 388 g/mol. The second-order valence-electron chi connectivity index (χ2n) is 6.62. The topological polar surface area (TPSA) is 67.9 Å². The van der Waals surface area contributed by atoms with Crippen LogP contribution in [0.5, 0.6) is 11.5 Å². The van der Waals surface area contributed by atoms with E-state index in [1.54, 1.807) is 54.5 Å². The van der Waals surface area contributed by atoms with E-state index in [1.165, 1.54) is 0 Å². The largest absolute Gasteiger partial charge is 0.497 e. The van der Waals surface area contributed by atoms with Gasteiger partial charge in [-0.25, -0.2) is 0 Å². The highest BCUT2D eigenvalue weighted by molar-refractivity contribution is 6.05. The van der Waals surface area contributed by atoms with Gasteiger partial charge in [0.2, 0.25) is 0 Å². The maximum atomic E-state index is 12.6. The number of fused-ring (bicyclic) bond motifs is 1. The van der Waals surface area contributed by atoms with Gasteiger partial charge < -0.3 is 19.7 Å². The summed E-state index contributed by atoms with van der Waals surface area (Å²) in [4.78, 5) is 26.8. The third-order valence-electron chi connectivity index (χ3n) is 4.68. The van der Waals surface area contributed by atoms with Crippen LogP contribution >= 0.6 is 0 Å². The van der Waals surface area contributed by atoms with Gasteiger partial charge in [0.25, 0.3) is 11.8 Å². The zero-order valence-corrected chi connectivity index (χ0v) is 15.9. The van der Waals surface area contributed by atoms with Crippen LogP contribution in [0, 0.1) is 0 Å². The lowest BCUT2D eigenvalue weighted by Crippen LogP contribution is -2.38. The first-order valence-corrected chi connectivity index (χ1v) is 9.20. The highest BCUT2D eigenvalue weighted by atomic mass is 16.5. The Balaban J connectivity index is 1.59. The van der Waals surface area contributed by atoms with Crippen molar-refractivity contribution in [3.05, 3.63) is 83.9 Å². The van der Waals surface area contributed by atoms with Crippen molar-refractivity contribution in [2.45, 2.75) is 6.54 Å². The van der Waals surface area contributed by atoms with Gasteiger partial charge in [-0.1, -0.05) is 36.4 Å². The smallest absolute Gasteiger partial charge is 0.265 e. The molecule has 0 spiro atoms. The number of methoxy groups -OCH3 is 1. The number of carbonyl (C=O) groups excluding carboxylic acids is 2. The maximum Gasteiger partial charge on any atom is 0.265 e. The van der Waals surface area contributed by atoms with E-state index in [0.717, 1.165) is 5.56 Å². The number of rotatable bonds is 5. The van der Waals surface area contributed by atoms with Gasteiger partial charge >= 0.3 is 0 Å². The summed E-state index contributed by atoms with van der Waals surface area (Å²) in [5.74, 6) is 0.829. The van der Waals surface area contributed by atoms with E-state index >= 15 is 0 Å². The minimum Gasteiger partial charge on any atom is -0.497 e. The van der Waals surface area contributed by atoms with E-state index in [2.05, 4.69) is 5.32 Å². The number of hydrogen-bond acceptors (Lipinski definition) is 4. The van der Waals surface area contributed by atoms with Crippen molar-refractivity contribution in [3.8, 4) is 11.5 Å². The number of anilines is 2. The van der Waals surface area contributed by atoms with Crippen LogP contribution in [-0.4, -0.2) is 25.5 Å². The molecule has 0 fully saturated rings. The van der Waals surface area contributed by atoms with Crippen molar-refractivity contribution in [1.29, 1.82) is 0 Å². The molecule has 0 unspecified atom stereocenters. The summed E-state index contributed by atoms with van der Waals surface area (Å²) in [6, 6.07) is 21.9. The van der Waals surface area contributed by atoms with Crippen LogP contribution in [0.2, 0.25) is 0 Å². The van der Waals surface area contributed by atoms with Crippen LogP contribution in [0.4, 0.5) is 11.4 Å². The van der Waals surface area contributed by atoms with Crippen molar-refractivity contribution in [2.75, 3.05) is 23.9 Å². The van der Waals surface area contributed by atoms with Crippen LogP contribution in [0.3, 0.4) is 0 Å². The van der Waals surface area contributed by atoms with E-state index in [0.29, 0.717) is 35.0 Å². The van der Waals surface area contributed by atoms with E-state index in [-0.39, 0.29) is 18.4 Å². The Morgan fingerprint density at radius 1 is 1.07 bits per heavy atom. The predicted molar refractivity (Wildman–Crippen MR) is 111 cm³/mol. The molecular weight excluding hydrogens is 368 g/mol. The van der Waals surface area contributed by atoms with E-state index < -0.39 is 0 Å². The first-order chi connectivity index (χ1) is 14.1. The summed E-state index contributed by atoms with van der Waals surface area (Å²) in [6.07, 6.45) is 0. The molecule has 0 aromatic heterocycles. The molecule has 0 saturated heterocycles. The molecular formula is C23H20N2O4. The Hall–Kier alpha value is -3.80. The third-order valence-corrected chi connectivity index (χ3v) is 4.68. The number of amides is 2. The zero-order chi connectivity index (χ0) is 20.2. The molecule has 3 aromatic rings. The Kier molecular flexibility index (Phi) is 5.16. The molecule has 0 aliphatic carbocycles. The summed E-state index contributed by atoms with van der Waals surface area (Å²) in [7, 11) is 1.55. The molecule has 146 valence electrons. The van der Waals surface area contributed by atoms with Crippen LogP contribution in [0.1, 0.15) is 15.9 Å². The van der Waals surface area contributed by atoms with Crippen LogP contribution in [0.25, 0.3) is 0 Å². The summed E-state index contributed by atoms with van der Waals surface area (Å²) < 4.78 is 10.7. The lowest BCUT2D eigenvalue weighted by Gasteiger charge is -2.30. The number of carbonyl (C=O) groups is 2. The van der Waals surface area contributed by atoms with Crippen LogP contribution < -0.4 is 19.7 Å². The SMILES string of the molecule is COc1cccc(C(=O)Nc2ccc3c(c2)N(Cc2ccccc2)C(=O)CO3)c1. The molecule has 0 saturated carbocycles. The van der Waals surface area contributed by atoms with E-state index in [1.807, 2.05) is 30.3 Å². The fourth-order valence-electron chi connectivity index (χ4n) is 3.19. The van der Waals surface area contributed by atoms with Crippen molar-refractivity contribution >= 4 is 23.2 Å². The highest BCUT2D eigenvalue weighted by Gasteiger charge is 2.26. The minimum absolute atomic E-state index is 0.00461. The first kappa shape index (κ1) is 18.6. The zero-order valence-electron chi connectivity index (χ0n) is 15.9. The number of nitrogens with one attached hydrogen (secondary N) is 1. The van der Waals surface area contributed by atoms with Crippen molar-refractivity contribution in [1.82, 2.24) is 0 Å². The molecule has 3 aromatic carbocycles. The van der Waals surface area contributed by atoms with Gasteiger partial charge in [0.05, 0.1) is 19.3 Å². The molecule has 1 N–H and O–H groups in total. The summed E-state index contributed by atoms with van der Waals surface area (Å²) in [5, 5.41) is 2.87. The van der Waals surface area contributed by atoms with Crippen LogP contribution in [-0.2, 0) is 11.3 Å². The standard InChI is InChI=1S/C23H20N2O4/c1-28-19-9-5-8-17(12-19)23(27)24-18-10-11-21-20(13-18)25(22(26)15-29-21)14-16-6-3-2-4-7-16/h2-13H,14-15H2,1H3,(H,24,27). The lowest BCUT2D eigenvalue weighted by molar-refractivity contribution is -0.121. The highest BCUT2D eigenvalue weighted by Crippen LogP contribution is 2.35. The van der Waals surface area contributed by atoms with Gasteiger partial charge in [0.15, 0.2) is 6.61 Å². The van der Waals surface area contributed by atoms with Gasteiger partial charge in [0, 0.05) is 11.3 Å². The second kappa shape index (κ2) is 8.06. The average Bonchev–Trinajstić information content (AvgIpc) is 2.76. The Bertz CT molecular complexity index is 1050. The summed E-state index contributed by atoms with van der Waals surface area (Å²) in [5.41, 5.74) is 2.71. The minimum atomic E-state index is -0.262. The molecule has 29 heavy (non-hydrogen) atoms.